The Kier molecular flexibility index (Phi) is 21.9. The standard InChI is InChI=1S/C20H31N5O3.C12H18N2.C8H16N2O2.ClH/c1-2-28-18(26)15-24-11-13-25(14-12-24)20(27)22-10-4-6-17-8-7-16-5-3-9-21-19(16)23-17;13-9-3-5-11-8-7-10-4-1-2-6-12(10)14-11;1-2-12-8(11)7-10-5-3-9-4-6-10;/h7-8H,2-6,9-15H2,1H3,(H,21,23)(H,22,27);7-8H,1-6,9,13H2;9H,2-7H2,1H3;1H. The molecule has 308 valence electrons. The minimum absolute atomic E-state index is 0. The number of anilines is 1. The molecule has 0 unspecified atom stereocenters. The van der Waals surface area contributed by atoms with Crippen LogP contribution in [0.1, 0.15) is 74.2 Å². The fourth-order valence-electron chi connectivity index (χ4n) is 6.89. The Bertz CT molecular complexity index is 1440. The summed E-state index contributed by atoms with van der Waals surface area (Å²) in [4.78, 5) is 50.2. The maximum Gasteiger partial charge on any atom is 0.320 e. The number of esters is 2. The predicted molar refractivity (Wildman–Crippen MR) is 219 cm³/mol. The number of rotatable bonds is 13. The summed E-state index contributed by atoms with van der Waals surface area (Å²) in [7, 11) is 0. The van der Waals surface area contributed by atoms with Crippen LogP contribution >= 0.6 is 12.4 Å². The first-order chi connectivity index (χ1) is 26.4. The van der Waals surface area contributed by atoms with E-state index in [0.29, 0.717) is 59.0 Å². The van der Waals surface area contributed by atoms with Crippen LogP contribution in [-0.2, 0) is 51.2 Å². The lowest BCUT2D eigenvalue weighted by Gasteiger charge is -2.34. The third-order valence-corrected chi connectivity index (χ3v) is 9.90. The summed E-state index contributed by atoms with van der Waals surface area (Å²) in [6.07, 6.45) is 11.1. The van der Waals surface area contributed by atoms with Crippen LogP contribution < -0.4 is 21.7 Å². The van der Waals surface area contributed by atoms with E-state index in [1.54, 1.807) is 6.92 Å². The summed E-state index contributed by atoms with van der Waals surface area (Å²) >= 11 is 0. The molecule has 4 aliphatic rings. The largest absolute Gasteiger partial charge is 0.465 e. The lowest BCUT2D eigenvalue weighted by Crippen LogP contribution is -2.52. The van der Waals surface area contributed by atoms with Crippen molar-refractivity contribution in [3.8, 4) is 0 Å². The molecule has 0 atom stereocenters. The number of nitrogens with one attached hydrogen (secondary N) is 3. The molecule has 6 rings (SSSR count). The van der Waals surface area contributed by atoms with E-state index in [1.807, 2.05) is 16.7 Å². The van der Waals surface area contributed by atoms with E-state index in [0.717, 1.165) is 89.3 Å². The number of amides is 2. The second kappa shape index (κ2) is 26.3. The van der Waals surface area contributed by atoms with Crippen LogP contribution in [0.3, 0.4) is 0 Å². The van der Waals surface area contributed by atoms with Crippen molar-refractivity contribution < 1.29 is 23.9 Å². The second-order valence-corrected chi connectivity index (χ2v) is 14.1. The van der Waals surface area contributed by atoms with Crippen molar-refractivity contribution in [3.05, 3.63) is 52.5 Å². The number of fused-ring (bicyclic) bond motifs is 2. The first-order valence-electron chi connectivity index (χ1n) is 20.3. The van der Waals surface area contributed by atoms with Gasteiger partial charge in [-0.25, -0.2) is 9.78 Å². The van der Waals surface area contributed by atoms with Crippen LogP contribution in [0.5, 0.6) is 0 Å². The topological polar surface area (TPSA) is 167 Å². The molecule has 0 bridgehead atoms. The van der Waals surface area contributed by atoms with Gasteiger partial charge in [0, 0.05) is 82.5 Å². The molecule has 2 fully saturated rings. The molecule has 15 heteroatoms. The average Bonchev–Trinajstić information content (AvgIpc) is 3.20. The van der Waals surface area contributed by atoms with Gasteiger partial charge in [-0.15, -0.1) is 12.4 Å². The summed E-state index contributed by atoms with van der Waals surface area (Å²) in [5.41, 5.74) is 11.9. The van der Waals surface area contributed by atoms with Crippen LogP contribution in [0.2, 0.25) is 0 Å². The van der Waals surface area contributed by atoms with Gasteiger partial charge in [0.25, 0.3) is 0 Å². The van der Waals surface area contributed by atoms with E-state index in [-0.39, 0.29) is 30.4 Å². The molecule has 5 N–H and O–H groups in total. The zero-order chi connectivity index (χ0) is 38.4. The van der Waals surface area contributed by atoms with Crippen molar-refractivity contribution in [2.45, 2.75) is 78.1 Å². The van der Waals surface area contributed by atoms with E-state index < -0.39 is 0 Å². The third kappa shape index (κ3) is 17.0. The molecule has 0 saturated carbocycles. The molecule has 0 spiro atoms. The summed E-state index contributed by atoms with van der Waals surface area (Å²) in [6, 6.07) is 8.65. The molecule has 2 aromatic heterocycles. The smallest absolute Gasteiger partial charge is 0.320 e. The molecule has 14 nitrogen and oxygen atoms in total. The summed E-state index contributed by atoms with van der Waals surface area (Å²) in [5, 5.41) is 9.58. The number of nitrogens with two attached hydrogens (primary N) is 1. The number of nitrogens with zero attached hydrogens (tertiary/aromatic N) is 5. The molecule has 0 aromatic carbocycles. The van der Waals surface area contributed by atoms with Gasteiger partial charge in [-0.2, -0.15) is 0 Å². The number of carbonyl (C=O) groups is 3. The molecular formula is C40H66ClN9O5. The zero-order valence-corrected chi connectivity index (χ0v) is 34.1. The Balaban J connectivity index is 0.000000250. The Hall–Kier alpha value is -3.56. The number of pyridine rings is 2. The number of hydrogen-bond donors (Lipinski definition) is 4. The molecule has 2 aromatic rings. The minimum Gasteiger partial charge on any atom is -0.465 e. The van der Waals surface area contributed by atoms with Crippen molar-refractivity contribution >= 4 is 36.2 Å². The number of piperazine rings is 2. The fraction of sp³-hybridized carbons (Fsp3) is 0.675. The van der Waals surface area contributed by atoms with Crippen molar-refractivity contribution in [2.75, 3.05) is 104 Å². The molecule has 1 aliphatic carbocycles. The minimum atomic E-state index is -0.202. The van der Waals surface area contributed by atoms with Gasteiger partial charge < -0.3 is 36.1 Å². The number of hydrogen-bond acceptors (Lipinski definition) is 12. The van der Waals surface area contributed by atoms with E-state index in [1.165, 1.54) is 48.2 Å². The number of urea groups is 1. The Labute approximate surface area is 334 Å². The number of ether oxygens (including phenoxy) is 2. The summed E-state index contributed by atoms with van der Waals surface area (Å²) < 4.78 is 9.81. The van der Waals surface area contributed by atoms with Crippen molar-refractivity contribution in [1.82, 2.24) is 35.3 Å². The Morgan fingerprint density at radius 1 is 0.745 bits per heavy atom. The first kappa shape index (κ1) is 45.8. The van der Waals surface area contributed by atoms with Gasteiger partial charge >= 0.3 is 18.0 Å². The van der Waals surface area contributed by atoms with Crippen molar-refractivity contribution in [2.24, 2.45) is 5.73 Å². The SMILES string of the molecule is CCOC(=O)CN1CCN(C(=O)NCCCc2ccc3c(n2)NCCC3)CC1.CCOC(=O)CN1CCNCC1.Cl.NCCCc1ccc2c(n1)CCCC2. The van der Waals surface area contributed by atoms with Gasteiger partial charge in [0.2, 0.25) is 0 Å². The Morgan fingerprint density at radius 2 is 1.35 bits per heavy atom. The van der Waals surface area contributed by atoms with E-state index in [2.05, 4.69) is 50.1 Å². The molecule has 2 saturated heterocycles. The van der Waals surface area contributed by atoms with Gasteiger partial charge in [-0.3, -0.25) is 24.4 Å². The summed E-state index contributed by atoms with van der Waals surface area (Å²) in [5.74, 6) is 0.708. The highest BCUT2D eigenvalue weighted by molar-refractivity contribution is 5.85. The summed E-state index contributed by atoms with van der Waals surface area (Å²) in [6.45, 7) is 14.1. The number of aromatic nitrogens is 2. The number of carbonyl (C=O) groups excluding carboxylic acids is 3. The van der Waals surface area contributed by atoms with Crippen LogP contribution in [-0.4, -0.2) is 141 Å². The first-order valence-corrected chi connectivity index (χ1v) is 20.3. The highest BCUT2D eigenvalue weighted by Gasteiger charge is 2.22. The normalized spacial score (nSPS) is 16.6. The van der Waals surface area contributed by atoms with E-state index >= 15 is 0 Å². The zero-order valence-electron chi connectivity index (χ0n) is 33.2. The van der Waals surface area contributed by atoms with Crippen LogP contribution in [0.4, 0.5) is 10.6 Å². The predicted octanol–water partition coefficient (Wildman–Crippen LogP) is 2.99. The van der Waals surface area contributed by atoms with Gasteiger partial charge in [-0.1, -0.05) is 12.1 Å². The maximum atomic E-state index is 12.3. The van der Waals surface area contributed by atoms with Gasteiger partial charge in [0.05, 0.1) is 26.3 Å². The van der Waals surface area contributed by atoms with Gasteiger partial charge in [0.1, 0.15) is 5.82 Å². The van der Waals surface area contributed by atoms with Crippen LogP contribution in [0, 0.1) is 0 Å². The Morgan fingerprint density at radius 3 is 2.02 bits per heavy atom. The van der Waals surface area contributed by atoms with Crippen molar-refractivity contribution in [3.63, 3.8) is 0 Å². The highest BCUT2D eigenvalue weighted by Crippen LogP contribution is 2.21. The third-order valence-electron chi connectivity index (χ3n) is 9.90. The van der Waals surface area contributed by atoms with Crippen molar-refractivity contribution in [1.29, 1.82) is 0 Å². The highest BCUT2D eigenvalue weighted by atomic mass is 35.5. The maximum absolute atomic E-state index is 12.3. The molecular weight excluding hydrogens is 722 g/mol. The average molecular weight is 788 g/mol. The van der Waals surface area contributed by atoms with E-state index in [9.17, 15) is 14.4 Å². The van der Waals surface area contributed by atoms with Gasteiger partial charge in [-0.05, 0) is 108 Å². The lowest BCUT2D eigenvalue weighted by atomic mass is 9.95. The molecule has 5 heterocycles. The fourth-order valence-corrected chi connectivity index (χ4v) is 6.89. The molecule has 2 amide bonds. The second-order valence-electron chi connectivity index (χ2n) is 14.1. The lowest BCUT2D eigenvalue weighted by molar-refractivity contribution is -0.145. The number of halogens is 1. The monoisotopic (exact) mass is 787 g/mol. The number of aryl methyl sites for hydroxylation is 5. The molecule has 3 aliphatic heterocycles. The quantitative estimate of drug-likeness (QED) is 0.174. The van der Waals surface area contributed by atoms with E-state index in [4.69, 9.17) is 20.2 Å². The molecule has 0 radical (unpaired) electrons. The van der Waals surface area contributed by atoms with Crippen LogP contribution in [0.25, 0.3) is 0 Å². The molecule has 55 heavy (non-hydrogen) atoms. The van der Waals surface area contributed by atoms with Crippen LogP contribution in [0.15, 0.2) is 24.3 Å². The van der Waals surface area contributed by atoms with Gasteiger partial charge in [0.15, 0.2) is 0 Å².